The number of carbonyl (C=O) groups excluding carboxylic acids is 1. The van der Waals surface area contributed by atoms with Crippen molar-refractivity contribution >= 4 is 17.5 Å². The molecule has 2 aromatic rings. The van der Waals surface area contributed by atoms with E-state index in [-0.39, 0.29) is 5.91 Å². The molecule has 1 amide bonds. The summed E-state index contributed by atoms with van der Waals surface area (Å²) in [6, 6.07) is 5.17. The number of halogens is 1. The number of carbonyl (C=O) groups is 1. The molecule has 118 valence electrons. The third-order valence-corrected chi connectivity index (χ3v) is 5.08. The second kappa shape index (κ2) is 5.77. The van der Waals surface area contributed by atoms with E-state index in [2.05, 4.69) is 33.0 Å². The first-order valence-corrected chi connectivity index (χ1v) is 8.08. The fourth-order valence-corrected chi connectivity index (χ4v) is 3.76. The Hall–Kier alpha value is -2.21. The molecule has 6 nitrogen and oxygen atoms in total. The molecule has 4 rings (SSSR count). The summed E-state index contributed by atoms with van der Waals surface area (Å²) < 4.78 is 1.49. The number of hydrogen-bond acceptors (Lipinski definition) is 4. The number of amides is 1. The third-order valence-electron chi connectivity index (χ3n) is 4.75. The number of nitrogens with zero attached hydrogens (tertiary/aromatic N) is 4. The smallest absolute Gasteiger partial charge is 0.252 e. The van der Waals surface area contributed by atoms with Crippen LogP contribution in [0.1, 0.15) is 23.2 Å². The molecule has 23 heavy (non-hydrogen) atoms. The van der Waals surface area contributed by atoms with Gasteiger partial charge in [-0.2, -0.15) is 0 Å². The normalized spacial score (nSPS) is 25.0. The summed E-state index contributed by atoms with van der Waals surface area (Å²) >= 11 is 6.18. The lowest BCUT2D eigenvalue weighted by atomic mass is 9.93. The van der Waals surface area contributed by atoms with Gasteiger partial charge < -0.3 is 5.32 Å². The van der Waals surface area contributed by atoms with E-state index >= 15 is 0 Å². The molecule has 2 aliphatic carbocycles. The highest BCUT2D eigenvalue weighted by molar-refractivity contribution is 6.33. The predicted molar refractivity (Wildman–Crippen MR) is 85.3 cm³/mol. The molecule has 1 fully saturated rings. The van der Waals surface area contributed by atoms with Crippen LogP contribution in [0.4, 0.5) is 0 Å². The average molecular weight is 330 g/mol. The molecule has 0 unspecified atom stereocenters. The Balaban J connectivity index is 1.47. The van der Waals surface area contributed by atoms with Crippen molar-refractivity contribution in [2.24, 2.45) is 17.8 Å². The van der Waals surface area contributed by atoms with Gasteiger partial charge in [0.1, 0.15) is 6.33 Å². The topological polar surface area (TPSA) is 72.7 Å². The van der Waals surface area contributed by atoms with Gasteiger partial charge in [0.25, 0.3) is 5.91 Å². The molecule has 1 saturated carbocycles. The number of rotatable bonds is 4. The Labute approximate surface area is 138 Å². The van der Waals surface area contributed by atoms with Gasteiger partial charge in [0.2, 0.25) is 0 Å². The number of fused-ring (bicyclic) bond motifs is 2. The van der Waals surface area contributed by atoms with Crippen LogP contribution in [0.3, 0.4) is 0 Å². The fraction of sp³-hybridized carbons (Fsp3) is 0.375. The Morgan fingerprint density at radius 3 is 2.96 bits per heavy atom. The van der Waals surface area contributed by atoms with Crippen molar-refractivity contribution in [1.29, 1.82) is 0 Å². The maximum absolute atomic E-state index is 12.5. The maximum atomic E-state index is 12.5. The molecule has 2 bridgehead atoms. The van der Waals surface area contributed by atoms with Crippen LogP contribution in [0.2, 0.25) is 5.02 Å². The van der Waals surface area contributed by atoms with Gasteiger partial charge in [-0.1, -0.05) is 23.8 Å². The van der Waals surface area contributed by atoms with Gasteiger partial charge in [-0.15, -0.1) is 5.10 Å². The quantitative estimate of drug-likeness (QED) is 0.873. The van der Waals surface area contributed by atoms with Crippen molar-refractivity contribution in [3.63, 3.8) is 0 Å². The summed E-state index contributed by atoms with van der Waals surface area (Å²) in [5.74, 6) is 1.70. The predicted octanol–water partition coefficient (Wildman–Crippen LogP) is 2.26. The number of hydrogen-bond donors (Lipinski definition) is 1. The lowest BCUT2D eigenvalue weighted by molar-refractivity contribution is 0.0945. The van der Waals surface area contributed by atoms with E-state index in [9.17, 15) is 4.79 Å². The second-order valence-corrected chi connectivity index (χ2v) is 6.58. The Bertz CT molecular complexity index is 758. The molecule has 1 aromatic heterocycles. The molecule has 0 radical (unpaired) electrons. The fourth-order valence-electron chi connectivity index (χ4n) is 3.56. The maximum Gasteiger partial charge on any atom is 0.252 e. The number of tetrazole rings is 1. The largest absolute Gasteiger partial charge is 0.352 e. The summed E-state index contributed by atoms with van der Waals surface area (Å²) in [5, 5.41) is 14.5. The van der Waals surface area contributed by atoms with Crippen LogP contribution < -0.4 is 5.32 Å². The molecule has 0 saturated heterocycles. The van der Waals surface area contributed by atoms with Crippen LogP contribution in [-0.2, 0) is 0 Å². The minimum atomic E-state index is -0.156. The highest BCUT2D eigenvalue weighted by atomic mass is 35.5. The molecule has 1 N–H and O–H groups in total. The van der Waals surface area contributed by atoms with Crippen molar-refractivity contribution in [2.45, 2.75) is 12.8 Å². The number of nitrogens with one attached hydrogen (secondary N) is 1. The molecule has 2 aliphatic rings. The average Bonchev–Trinajstić information content (AvgIpc) is 3.30. The zero-order valence-electron chi connectivity index (χ0n) is 12.4. The first kappa shape index (κ1) is 14.4. The number of aromatic nitrogens is 4. The minimum Gasteiger partial charge on any atom is -0.352 e. The van der Waals surface area contributed by atoms with E-state index in [1.165, 1.54) is 23.9 Å². The van der Waals surface area contributed by atoms with Crippen molar-refractivity contribution in [3.05, 3.63) is 47.3 Å². The summed E-state index contributed by atoms with van der Waals surface area (Å²) in [6.07, 6.45) is 8.47. The van der Waals surface area contributed by atoms with Crippen LogP contribution in [0.25, 0.3) is 5.69 Å². The molecule has 0 aliphatic heterocycles. The van der Waals surface area contributed by atoms with Gasteiger partial charge >= 0.3 is 0 Å². The van der Waals surface area contributed by atoms with E-state index in [1.807, 2.05) is 0 Å². The lowest BCUT2D eigenvalue weighted by Gasteiger charge is -2.18. The summed E-state index contributed by atoms with van der Waals surface area (Å²) in [7, 11) is 0. The van der Waals surface area contributed by atoms with Crippen molar-refractivity contribution in [1.82, 2.24) is 25.5 Å². The van der Waals surface area contributed by atoms with Gasteiger partial charge in [-0.25, -0.2) is 4.68 Å². The van der Waals surface area contributed by atoms with E-state index in [0.29, 0.717) is 40.6 Å². The van der Waals surface area contributed by atoms with Gasteiger partial charge in [0.05, 0.1) is 16.3 Å². The zero-order valence-corrected chi connectivity index (χ0v) is 13.1. The highest BCUT2D eigenvalue weighted by Gasteiger charge is 2.35. The van der Waals surface area contributed by atoms with Crippen LogP contribution in [0.5, 0.6) is 0 Å². The lowest BCUT2D eigenvalue weighted by Crippen LogP contribution is -2.31. The number of allylic oxidation sites excluding steroid dienone is 2. The van der Waals surface area contributed by atoms with Gasteiger partial charge in [0.15, 0.2) is 0 Å². The van der Waals surface area contributed by atoms with E-state index in [1.54, 1.807) is 18.2 Å². The summed E-state index contributed by atoms with van der Waals surface area (Å²) in [4.78, 5) is 12.5. The molecule has 0 spiro atoms. The molecule has 7 heteroatoms. The summed E-state index contributed by atoms with van der Waals surface area (Å²) in [5.41, 5.74) is 1.14. The van der Waals surface area contributed by atoms with Crippen LogP contribution >= 0.6 is 11.6 Å². The molecular weight excluding hydrogens is 314 g/mol. The van der Waals surface area contributed by atoms with Crippen LogP contribution in [-0.4, -0.2) is 32.7 Å². The highest BCUT2D eigenvalue weighted by Crippen LogP contribution is 2.42. The van der Waals surface area contributed by atoms with Crippen LogP contribution in [0, 0.1) is 17.8 Å². The minimum absolute atomic E-state index is 0.156. The Kier molecular flexibility index (Phi) is 3.61. The van der Waals surface area contributed by atoms with Crippen molar-refractivity contribution < 1.29 is 4.79 Å². The zero-order chi connectivity index (χ0) is 15.8. The first-order valence-electron chi connectivity index (χ1n) is 7.70. The molecule has 1 aromatic carbocycles. The summed E-state index contributed by atoms with van der Waals surface area (Å²) in [6.45, 7) is 0.690. The van der Waals surface area contributed by atoms with Gasteiger partial charge in [0, 0.05) is 6.54 Å². The number of benzene rings is 1. The Morgan fingerprint density at radius 2 is 2.26 bits per heavy atom. The first-order chi connectivity index (χ1) is 11.2. The van der Waals surface area contributed by atoms with Gasteiger partial charge in [-0.05, 0) is 59.2 Å². The van der Waals surface area contributed by atoms with Crippen LogP contribution in [0.15, 0.2) is 36.7 Å². The van der Waals surface area contributed by atoms with Gasteiger partial charge in [-0.3, -0.25) is 4.79 Å². The van der Waals surface area contributed by atoms with E-state index < -0.39 is 0 Å². The van der Waals surface area contributed by atoms with Crippen molar-refractivity contribution in [3.8, 4) is 5.69 Å². The molecule has 1 heterocycles. The van der Waals surface area contributed by atoms with E-state index in [0.717, 1.165) is 0 Å². The standard InChI is InChI=1S/C16H16ClN5O/c17-15-4-3-13(22-9-19-20-21-22)7-14(15)16(23)18-8-12-6-10-1-2-11(12)5-10/h1-4,7,9-12H,5-6,8H2,(H,18,23)/t10-,11-,12-/m0/s1. The van der Waals surface area contributed by atoms with Crippen molar-refractivity contribution in [2.75, 3.05) is 6.54 Å². The molecule has 3 atom stereocenters. The second-order valence-electron chi connectivity index (χ2n) is 6.17. The SMILES string of the molecule is O=C(NC[C@@H]1C[C@H]2C=C[C@H]1C2)c1cc(-n2cnnn2)ccc1Cl. The third kappa shape index (κ3) is 2.74. The van der Waals surface area contributed by atoms with E-state index in [4.69, 9.17) is 11.6 Å². The molecular formula is C16H16ClN5O. The monoisotopic (exact) mass is 329 g/mol. The Morgan fingerprint density at radius 1 is 1.35 bits per heavy atom.